The van der Waals surface area contributed by atoms with Gasteiger partial charge in [0.25, 0.3) is 17.7 Å². The Morgan fingerprint density at radius 3 is 2.48 bits per heavy atom. The molecule has 2 fully saturated rings. The summed E-state index contributed by atoms with van der Waals surface area (Å²) in [6.07, 6.45) is 6.40. The van der Waals surface area contributed by atoms with Crippen LogP contribution in [-0.4, -0.2) is 42.2 Å². The van der Waals surface area contributed by atoms with Gasteiger partial charge >= 0.3 is 0 Å². The fourth-order valence-corrected chi connectivity index (χ4v) is 4.91. The molecule has 4 unspecified atom stereocenters. The summed E-state index contributed by atoms with van der Waals surface area (Å²) >= 11 is 3.38. The number of hydrazone groups is 1. The molecule has 4 rings (SSSR count). The van der Waals surface area contributed by atoms with Crippen molar-refractivity contribution < 1.29 is 23.9 Å². The van der Waals surface area contributed by atoms with Gasteiger partial charge in [-0.15, -0.1) is 0 Å². The molecule has 8 nitrogen and oxygen atoms in total. The topological polar surface area (TPSA) is 111 Å². The zero-order valence-electron chi connectivity index (χ0n) is 15.7. The minimum absolute atomic E-state index is 0.141. The van der Waals surface area contributed by atoms with Crippen LogP contribution in [0.5, 0.6) is 11.5 Å². The molecule has 3 amide bonds. The average Bonchev–Trinajstić information content (AvgIpc) is 3.34. The molecule has 1 aliphatic heterocycles. The largest absolute Gasteiger partial charge is 0.490 e. The summed E-state index contributed by atoms with van der Waals surface area (Å²) in [5.74, 6) is -0.641. The number of carbonyl (C=O) groups excluding carboxylic acids is 3. The maximum atomic E-state index is 12.7. The molecule has 152 valence electrons. The lowest BCUT2D eigenvalue weighted by atomic mass is 9.85. The predicted molar refractivity (Wildman–Crippen MR) is 107 cm³/mol. The Labute approximate surface area is 175 Å². The van der Waals surface area contributed by atoms with Crippen molar-refractivity contribution >= 4 is 39.9 Å². The van der Waals surface area contributed by atoms with E-state index in [-0.39, 0.29) is 42.1 Å². The van der Waals surface area contributed by atoms with E-state index in [4.69, 9.17) is 15.2 Å². The van der Waals surface area contributed by atoms with Gasteiger partial charge in [0.1, 0.15) is 0 Å². The molecule has 4 atom stereocenters. The smallest absolute Gasteiger partial charge is 0.255 e. The first kappa shape index (κ1) is 19.6. The Bertz CT molecular complexity index is 914. The van der Waals surface area contributed by atoms with Crippen LogP contribution in [-0.2, 0) is 14.4 Å². The van der Waals surface area contributed by atoms with E-state index in [0.717, 1.165) is 11.4 Å². The first-order valence-corrected chi connectivity index (χ1v) is 10.2. The van der Waals surface area contributed by atoms with Crippen LogP contribution in [0.25, 0.3) is 0 Å². The number of nitrogens with zero attached hydrogens (tertiary/aromatic N) is 2. The summed E-state index contributed by atoms with van der Waals surface area (Å²) < 4.78 is 11.5. The van der Waals surface area contributed by atoms with Gasteiger partial charge in [-0.3, -0.25) is 14.4 Å². The molecule has 29 heavy (non-hydrogen) atoms. The van der Waals surface area contributed by atoms with E-state index in [1.54, 1.807) is 12.1 Å². The molecule has 1 aromatic carbocycles. The molecule has 9 heteroatoms. The second-order valence-corrected chi connectivity index (χ2v) is 8.11. The number of allylic oxidation sites excluding steroid dienone is 2. The van der Waals surface area contributed by atoms with Gasteiger partial charge in [-0.05, 0) is 58.8 Å². The number of hydrogen-bond donors (Lipinski definition) is 1. The van der Waals surface area contributed by atoms with Crippen LogP contribution in [0.15, 0.2) is 33.9 Å². The molecular formula is C20H20BrN3O5. The predicted octanol–water partition coefficient (Wildman–Crippen LogP) is 1.85. The van der Waals surface area contributed by atoms with Crippen LogP contribution in [0.4, 0.5) is 0 Å². The highest BCUT2D eigenvalue weighted by atomic mass is 79.9. The maximum absolute atomic E-state index is 12.7. The lowest BCUT2D eigenvalue weighted by molar-refractivity contribution is -0.140. The van der Waals surface area contributed by atoms with Gasteiger partial charge in [-0.1, -0.05) is 12.2 Å². The first-order chi connectivity index (χ1) is 13.9. The van der Waals surface area contributed by atoms with E-state index in [9.17, 15) is 14.4 Å². The normalized spacial score (nSPS) is 27.2. The van der Waals surface area contributed by atoms with Crippen molar-refractivity contribution in [3.63, 3.8) is 0 Å². The van der Waals surface area contributed by atoms with Crippen LogP contribution < -0.4 is 15.2 Å². The molecule has 1 aromatic rings. The minimum Gasteiger partial charge on any atom is -0.490 e. The Morgan fingerprint density at radius 1 is 1.24 bits per heavy atom. The first-order valence-electron chi connectivity index (χ1n) is 9.38. The van der Waals surface area contributed by atoms with Gasteiger partial charge < -0.3 is 15.2 Å². The molecule has 0 aromatic heterocycles. The summed E-state index contributed by atoms with van der Waals surface area (Å²) in [7, 11) is 0. The number of ether oxygens (including phenoxy) is 2. The van der Waals surface area contributed by atoms with Gasteiger partial charge in [-0.25, -0.2) is 0 Å². The Kier molecular flexibility index (Phi) is 5.16. The number of rotatable bonds is 7. The lowest BCUT2D eigenvalue weighted by Gasteiger charge is -2.14. The number of fused-ring (bicyclic) bond motifs is 5. The van der Waals surface area contributed by atoms with Crippen molar-refractivity contribution in [1.82, 2.24) is 5.01 Å². The van der Waals surface area contributed by atoms with Crippen molar-refractivity contribution in [2.24, 2.45) is 34.5 Å². The van der Waals surface area contributed by atoms with Crippen LogP contribution in [0.3, 0.4) is 0 Å². The summed E-state index contributed by atoms with van der Waals surface area (Å²) in [6.45, 7) is 1.90. The fourth-order valence-electron chi connectivity index (χ4n) is 4.33. The number of benzene rings is 1. The van der Waals surface area contributed by atoms with Crippen molar-refractivity contribution in [1.29, 1.82) is 0 Å². The van der Waals surface area contributed by atoms with E-state index < -0.39 is 5.91 Å². The van der Waals surface area contributed by atoms with E-state index in [0.29, 0.717) is 28.1 Å². The van der Waals surface area contributed by atoms with Gasteiger partial charge in [0.2, 0.25) is 0 Å². The highest BCUT2D eigenvalue weighted by molar-refractivity contribution is 9.10. The van der Waals surface area contributed by atoms with Crippen molar-refractivity contribution in [3.05, 3.63) is 34.3 Å². The third kappa shape index (κ3) is 3.43. The zero-order valence-corrected chi connectivity index (χ0v) is 17.3. The highest BCUT2D eigenvalue weighted by Gasteiger charge is 2.59. The SMILES string of the molecule is CCOc1cc(C=NN2C(=O)C3C4C=CC(C4)C3C2=O)cc(Br)c1OCC(N)=O. The van der Waals surface area contributed by atoms with Gasteiger partial charge in [0, 0.05) is 0 Å². The third-order valence-corrected chi connectivity index (χ3v) is 6.05. The van der Waals surface area contributed by atoms with Crippen LogP contribution >= 0.6 is 15.9 Å². The minimum atomic E-state index is -0.606. The summed E-state index contributed by atoms with van der Waals surface area (Å²) in [5.41, 5.74) is 5.74. The second-order valence-electron chi connectivity index (χ2n) is 7.25. The third-order valence-electron chi connectivity index (χ3n) is 5.46. The lowest BCUT2D eigenvalue weighted by Crippen LogP contribution is -2.28. The van der Waals surface area contributed by atoms with Gasteiger partial charge in [0.05, 0.1) is 29.1 Å². The quantitative estimate of drug-likeness (QED) is 0.378. The molecule has 2 N–H and O–H groups in total. The number of amides is 3. The number of nitrogens with two attached hydrogens (primary N) is 1. The van der Waals surface area contributed by atoms with Crippen LogP contribution in [0.2, 0.25) is 0 Å². The molecule has 3 aliphatic rings. The van der Waals surface area contributed by atoms with Crippen LogP contribution in [0, 0.1) is 23.7 Å². The zero-order chi connectivity index (χ0) is 20.7. The van der Waals surface area contributed by atoms with Gasteiger partial charge in [-0.2, -0.15) is 10.1 Å². The highest BCUT2D eigenvalue weighted by Crippen LogP contribution is 2.52. The molecule has 0 radical (unpaired) electrons. The summed E-state index contributed by atoms with van der Waals surface area (Å²) in [5, 5.41) is 5.16. The molecular weight excluding hydrogens is 442 g/mol. The number of imide groups is 1. The summed E-state index contributed by atoms with van der Waals surface area (Å²) in [4.78, 5) is 36.4. The van der Waals surface area contributed by atoms with Crippen molar-refractivity contribution in [2.45, 2.75) is 13.3 Å². The second kappa shape index (κ2) is 7.62. The van der Waals surface area contributed by atoms with E-state index in [1.165, 1.54) is 6.21 Å². The molecule has 2 aliphatic carbocycles. The number of halogens is 1. The number of hydrogen-bond acceptors (Lipinski definition) is 6. The standard InChI is InChI=1S/C20H20BrN3O5/c1-2-28-14-6-10(5-13(21)18(14)29-9-15(22)25)8-23-24-19(26)16-11-3-4-12(7-11)17(16)20(24)27/h3-6,8,11-12,16-17H,2,7,9H2,1H3,(H2,22,25). The average molecular weight is 462 g/mol. The van der Waals surface area contributed by atoms with E-state index in [1.807, 2.05) is 19.1 Å². The van der Waals surface area contributed by atoms with Crippen LogP contribution in [0.1, 0.15) is 18.9 Å². The molecule has 1 saturated carbocycles. The Balaban J connectivity index is 1.56. The molecule has 1 heterocycles. The number of primary amides is 1. The molecule has 1 saturated heterocycles. The van der Waals surface area contributed by atoms with Crippen molar-refractivity contribution in [3.8, 4) is 11.5 Å². The fraction of sp³-hybridized carbons (Fsp3) is 0.400. The van der Waals surface area contributed by atoms with Gasteiger partial charge in [0.15, 0.2) is 18.1 Å². The maximum Gasteiger partial charge on any atom is 0.255 e. The monoisotopic (exact) mass is 461 g/mol. The Hall–Kier alpha value is -2.68. The molecule has 0 spiro atoms. The Morgan fingerprint density at radius 2 is 1.90 bits per heavy atom. The van der Waals surface area contributed by atoms with Crippen molar-refractivity contribution in [2.75, 3.05) is 13.2 Å². The van der Waals surface area contributed by atoms with E-state index in [2.05, 4.69) is 21.0 Å². The number of carbonyl (C=O) groups is 3. The molecule has 2 bridgehead atoms. The summed E-state index contributed by atoms with van der Waals surface area (Å²) in [6, 6.07) is 3.35. The van der Waals surface area contributed by atoms with E-state index >= 15 is 0 Å².